The van der Waals surface area contributed by atoms with Crippen LogP contribution in [0.1, 0.15) is 37.3 Å². The predicted molar refractivity (Wildman–Crippen MR) is 109 cm³/mol. The molecule has 0 spiro atoms. The van der Waals surface area contributed by atoms with Gasteiger partial charge in [0.25, 0.3) is 0 Å². The van der Waals surface area contributed by atoms with Gasteiger partial charge in [0.1, 0.15) is 5.75 Å². The van der Waals surface area contributed by atoms with E-state index in [9.17, 15) is 9.90 Å². The van der Waals surface area contributed by atoms with Crippen LogP contribution in [-0.2, 0) is 12.8 Å². The molecule has 5 heteroatoms. The van der Waals surface area contributed by atoms with Crippen LogP contribution >= 0.6 is 0 Å². The second-order valence-corrected chi connectivity index (χ2v) is 8.10. The first kappa shape index (κ1) is 19.5. The molecule has 27 heavy (non-hydrogen) atoms. The Labute approximate surface area is 162 Å². The van der Waals surface area contributed by atoms with Gasteiger partial charge in [-0.05, 0) is 82.0 Å². The molecule has 0 fully saturated rings. The quantitative estimate of drug-likeness (QED) is 0.722. The van der Waals surface area contributed by atoms with Gasteiger partial charge in [-0.25, -0.2) is 4.79 Å². The topological polar surface area (TPSA) is 64.6 Å². The Morgan fingerprint density at radius 1 is 1.33 bits per heavy atom. The number of rotatable bonds is 6. The summed E-state index contributed by atoms with van der Waals surface area (Å²) in [6, 6.07) is 5.61. The number of phenols is 1. The fraction of sp³-hybridized carbons (Fsp3) is 0.500. The standard InChI is InChI=1S/C22H31N3O2/c1-16(12-17-6-4-5-7-17)24-21(27)23-15-22(25(2)3)11-10-18-13-20(26)9-8-19(18)14-22/h4,6-9,13,16,26H,5,10-12,14-15H2,1-3H3,(H2,23,24,27)/t16-,22-/m0/s1. The molecule has 0 saturated heterocycles. The van der Waals surface area contributed by atoms with Gasteiger partial charge < -0.3 is 20.6 Å². The smallest absolute Gasteiger partial charge is 0.315 e. The number of phenolic OH excluding ortho intramolecular Hbond substituents is 1. The third kappa shape index (κ3) is 4.72. The average Bonchev–Trinajstić information content (AvgIpc) is 3.12. The number of aryl methyl sites for hydroxylation is 1. The summed E-state index contributed by atoms with van der Waals surface area (Å²) >= 11 is 0. The SMILES string of the molecule is C[C@@H](CC1=CCC=C1)NC(=O)NC[C@]1(N(C)C)CCc2cc(O)ccc2C1. The highest BCUT2D eigenvalue weighted by atomic mass is 16.3. The lowest BCUT2D eigenvalue weighted by molar-refractivity contribution is 0.129. The Morgan fingerprint density at radius 3 is 2.85 bits per heavy atom. The molecule has 0 aromatic heterocycles. The Kier molecular flexibility index (Phi) is 5.90. The maximum absolute atomic E-state index is 12.4. The highest BCUT2D eigenvalue weighted by Gasteiger charge is 2.37. The van der Waals surface area contributed by atoms with Gasteiger partial charge in [0.15, 0.2) is 0 Å². The van der Waals surface area contributed by atoms with E-state index < -0.39 is 0 Å². The minimum Gasteiger partial charge on any atom is -0.508 e. The highest BCUT2D eigenvalue weighted by molar-refractivity contribution is 5.74. The summed E-state index contributed by atoms with van der Waals surface area (Å²) in [5, 5.41) is 15.9. The van der Waals surface area contributed by atoms with Crippen LogP contribution in [0.15, 0.2) is 42.0 Å². The minimum absolute atomic E-state index is 0.101. The molecule has 0 aliphatic heterocycles. The number of hydrogen-bond donors (Lipinski definition) is 3. The molecule has 3 rings (SSSR count). The largest absolute Gasteiger partial charge is 0.508 e. The number of amides is 2. The summed E-state index contributed by atoms with van der Waals surface area (Å²) in [6.45, 7) is 2.64. The van der Waals surface area contributed by atoms with Gasteiger partial charge in [0.05, 0.1) is 0 Å². The Hall–Kier alpha value is -2.27. The number of fused-ring (bicyclic) bond motifs is 1. The summed E-state index contributed by atoms with van der Waals surface area (Å²) in [5.74, 6) is 0.324. The monoisotopic (exact) mass is 369 g/mol. The van der Waals surface area contributed by atoms with Crippen molar-refractivity contribution < 1.29 is 9.90 Å². The van der Waals surface area contributed by atoms with E-state index in [0.717, 1.165) is 32.1 Å². The molecule has 0 unspecified atom stereocenters. The fourth-order valence-electron chi connectivity index (χ4n) is 4.10. The Bertz CT molecular complexity index is 754. The molecule has 1 aromatic rings. The lowest BCUT2D eigenvalue weighted by Gasteiger charge is -2.43. The molecule has 0 radical (unpaired) electrons. The second-order valence-electron chi connectivity index (χ2n) is 8.10. The van der Waals surface area contributed by atoms with Crippen molar-refractivity contribution in [3.05, 3.63) is 53.1 Å². The highest BCUT2D eigenvalue weighted by Crippen LogP contribution is 2.33. The zero-order valence-electron chi connectivity index (χ0n) is 16.6. The molecule has 5 nitrogen and oxygen atoms in total. The van der Waals surface area contributed by atoms with Gasteiger partial charge in [-0.3, -0.25) is 0 Å². The number of hydrogen-bond acceptors (Lipinski definition) is 3. The Balaban J connectivity index is 1.57. The van der Waals surface area contributed by atoms with Crippen molar-refractivity contribution in [2.75, 3.05) is 20.6 Å². The molecular formula is C22H31N3O2. The lowest BCUT2D eigenvalue weighted by atomic mass is 9.77. The van der Waals surface area contributed by atoms with Gasteiger partial charge in [-0.2, -0.15) is 0 Å². The van der Waals surface area contributed by atoms with Crippen LogP contribution in [0.4, 0.5) is 4.79 Å². The zero-order chi connectivity index (χ0) is 19.4. The van der Waals surface area contributed by atoms with Gasteiger partial charge >= 0.3 is 6.03 Å². The summed E-state index contributed by atoms with van der Waals surface area (Å²) in [4.78, 5) is 14.6. The third-order valence-corrected chi connectivity index (χ3v) is 5.86. The number of urea groups is 1. The maximum Gasteiger partial charge on any atom is 0.315 e. The van der Waals surface area contributed by atoms with Crippen molar-refractivity contribution in [3.8, 4) is 5.75 Å². The van der Waals surface area contributed by atoms with Crippen molar-refractivity contribution in [3.63, 3.8) is 0 Å². The van der Waals surface area contributed by atoms with Crippen LogP contribution in [0.3, 0.4) is 0 Å². The van der Waals surface area contributed by atoms with Crippen molar-refractivity contribution >= 4 is 6.03 Å². The number of likely N-dealkylation sites (N-methyl/N-ethyl adjacent to an activating group) is 1. The summed E-state index contributed by atoms with van der Waals surface area (Å²) < 4.78 is 0. The first-order valence-electron chi connectivity index (χ1n) is 9.76. The molecule has 146 valence electrons. The first-order chi connectivity index (χ1) is 12.9. The number of carbonyl (C=O) groups excluding carboxylic acids is 1. The number of aromatic hydroxyl groups is 1. The van der Waals surface area contributed by atoms with Crippen molar-refractivity contribution in [2.24, 2.45) is 0 Å². The molecule has 1 aromatic carbocycles. The number of nitrogens with one attached hydrogen (secondary N) is 2. The number of carbonyl (C=O) groups is 1. The van der Waals surface area contributed by atoms with E-state index >= 15 is 0 Å². The summed E-state index contributed by atoms with van der Waals surface area (Å²) in [7, 11) is 4.15. The molecule has 2 aliphatic carbocycles. The van der Waals surface area contributed by atoms with Crippen molar-refractivity contribution in [2.45, 2.75) is 50.6 Å². The number of allylic oxidation sites excluding steroid dienone is 3. The molecular weight excluding hydrogens is 338 g/mol. The molecule has 3 N–H and O–H groups in total. The van der Waals surface area contributed by atoms with E-state index in [0.29, 0.717) is 12.3 Å². The average molecular weight is 370 g/mol. The molecule has 2 atom stereocenters. The van der Waals surface area contributed by atoms with Crippen LogP contribution in [-0.4, -0.2) is 48.3 Å². The third-order valence-electron chi connectivity index (χ3n) is 5.86. The van der Waals surface area contributed by atoms with Crippen LogP contribution in [0.25, 0.3) is 0 Å². The lowest BCUT2D eigenvalue weighted by Crippen LogP contribution is -2.57. The molecule has 0 saturated carbocycles. The van der Waals surface area contributed by atoms with Gasteiger partial charge in [0.2, 0.25) is 0 Å². The van der Waals surface area contributed by atoms with Crippen molar-refractivity contribution in [1.29, 1.82) is 0 Å². The van der Waals surface area contributed by atoms with Gasteiger partial charge in [-0.1, -0.05) is 24.3 Å². The van der Waals surface area contributed by atoms with E-state index in [2.05, 4.69) is 47.9 Å². The Morgan fingerprint density at radius 2 is 2.15 bits per heavy atom. The maximum atomic E-state index is 12.4. The fourth-order valence-corrected chi connectivity index (χ4v) is 4.10. The number of nitrogens with zero attached hydrogens (tertiary/aromatic N) is 1. The van der Waals surface area contributed by atoms with Crippen LogP contribution in [0.2, 0.25) is 0 Å². The normalized spacial score (nSPS) is 22.3. The molecule has 2 aliphatic rings. The van der Waals surface area contributed by atoms with Gasteiger partial charge in [0, 0.05) is 18.1 Å². The zero-order valence-corrected chi connectivity index (χ0v) is 16.6. The van der Waals surface area contributed by atoms with E-state index in [4.69, 9.17) is 0 Å². The summed E-state index contributed by atoms with van der Waals surface area (Å²) in [6.07, 6.45) is 11.1. The van der Waals surface area contributed by atoms with Crippen molar-refractivity contribution in [1.82, 2.24) is 15.5 Å². The van der Waals surface area contributed by atoms with Gasteiger partial charge in [-0.15, -0.1) is 0 Å². The number of benzene rings is 1. The minimum atomic E-state index is -0.110. The first-order valence-corrected chi connectivity index (χ1v) is 9.76. The second kappa shape index (κ2) is 8.17. The summed E-state index contributed by atoms with van der Waals surface area (Å²) in [5.41, 5.74) is 3.65. The molecule has 2 amide bonds. The van der Waals surface area contributed by atoms with E-state index in [-0.39, 0.29) is 17.6 Å². The molecule has 0 heterocycles. The van der Waals surface area contributed by atoms with Crippen LogP contribution in [0, 0.1) is 0 Å². The van der Waals surface area contributed by atoms with E-state index in [1.54, 1.807) is 6.07 Å². The predicted octanol–water partition coefficient (Wildman–Crippen LogP) is 3.15. The molecule has 0 bridgehead atoms. The van der Waals surface area contributed by atoms with E-state index in [1.165, 1.54) is 16.7 Å². The van der Waals surface area contributed by atoms with E-state index in [1.807, 2.05) is 19.1 Å². The van der Waals surface area contributed by atoms with Crippen LogP contribution < -0.4 is 10.6 Å². The van der Waals surface area contributed by atoms with Crippen LogP contribution in [0.5, 0.6) is 5.75 Å².